The lowest BCUT2D eigenvalue weighted by atomic mass is 9.97. The molecule has 0 bridgehead atoms. The van der Waals surface area contributed by atoms with E-state index in [-0.39, 0.29) is 12.1 Å². The molecule has 0 radical (unpaired) electrons. The highest BCUT2D eigenvalue weighted by Crippen LogP contribution is 2.36. The van der Waals surface area contributed by atoms with Crippen LogP contribution in [0.1, 0.15) is 61.5 Å². The molecular formula is C27H33N3O2. The fourth-order valence-corrected chi connectivity index (χ4v) is 4.37. The molecule has 0 saturated heterocycles. The Balaban J connectivity index is 1.70. The summed E-state index contributed by atoms with van der Waals surface area (Å²) < 4.78 is 7.64. The van der Waals surface area contributed by atoms with Crippen LogP contribution in [0.15, 0.2) is 66.9 Å². The number of aromatic nitrogens is 1. The van der Waals surface area contributed by atoms with Crippen molar-refractivity contribution in [3.63, 3.8) is 0 Å². The Hall–Kier alpha value is -3.05. The van der Waals surface area contributed by atoms with Gasteiger partial charge in [-0.3, -0.25) is 0 Å². The van der Waals surface area contributed by atoms with Crippen LogP contribution < -0.4 is 5.32 Å². The molecule has 0 unspecified atom stereocenters. The summed E-state index contributed by atoms with van der Waals surface area (Å²) in [6.45, 7) is 8.88. The minimum absolute atomic E-state index is 0.0520. The molecule has 2 aromatic carbocycles. The average Bonchev–Trinajstić information content (AvgIpc) is 3.23. The summed E-state index contributed by atoms with van der Waals surface area (Å²) >= 11 is 0. The van der Waals surface area contributed by atoms with Crippen LogP contribution in [0.5, 0.6) is 0 Å². The van der Waals surface area contributed by atoms with Crippen molar-refractivity contribution in [2.75, 3.05) is 19.8 Å². The number of fused-ring (bicyclic) bond motifs is 3. The minimum Gasteiger partial charge on any atom is -0.382 e. The molecule has 1 aromatic heterocycles. The molecule has 1 aliphatic rings. The van der Waals surface area contributed by atoms with E-state index in [1.54, 1.807) is 0 Å². The highest BCUT2D eigenvalue weighted by Gasteiger charge is 2.32. The SMILES string of the molecule is CCOCCCNC(=O)N1Cc2ccccc2-n2cccc2[C@@H]1c1ccc(C(C)C)cc1. The van der Waals surface area contributed by atoms with Gasteiger partial charge in [0.2, 0.25) is 0 Å². The Kier molecular flexibility index (Phi) is 6.96. The van der Waals surface area contributed by atoms with Gasteiger partial charge in [-0.1, -0.05) is 56.3 Å². The van der Waals surface area contributed by atoms with Gasteiger partial charge < -0.3 is 19.5 Å². The maximum Gasteiger partial charge on any atom is 0.318 e. The molecular weight excluding hydrogens is 398 g/mol. The molecule has 4 rings (SSSR count). The van der Waals surface area contributed by atoms with Crippen molar-refractivity contribution in [2.24, 2.45) is 0 Å². The van der Waals surface area contributed by atoms with E-state index in [4.69, 9.17) is 4.74 Å². The van der Waals surface area contributed by atoms with Crippen molar-refractivity contribution in [1.82, 2.24) is 14.8 Å². The molecule has 5 heteroatoms. The molecule has 0 spiro atoms. The Labute approximate surface area is 191 Å². The fraction of sp³-hybridized carbons (Fsp3) is 0.370. The molecule has 2 amide bonds. The van der Waals surface area contributed by atoms with Gasteiger partial charge in [0.15, 0.2) is 0 Å². The second-order valence-electron chi connectivity index (χ2n) is 8.57. The van der Waals surface area contributed by atoms with E-state index in [1.807, 2.05) is 17.9 Å². The molecule has 0 saturated carbocycles. The first-order chi connectivity index (χ1) is 15.6. The van der Waals surface area contributed by atoms with E-state index in [2.05, 4.69) is 84.5 Å². The van der Waals surface area contributed by atoms with Crippen molar-refractivity contribution in [1.29, 1.82) is 0 Å². The predicted octanol–water partition coefficient (Wildman–Crippen LogP) is 5.64. The number of rotatable bonds is 7. The largest absolute Gasteiger partial charge is 0.382 e. The van der Waals surface area contributed by atoms with E-state index in [1.165, 1.54) is 5.56 Å². The van der Waals surface area contributed by atoms with Crippen LogP contribution in [-0.2, 0) is 11.3 Å². The number of nitrogens with one attached hydrogen (secondary N) is 1. The molecule has 1 N–H and O–H groups in total. The normalized spacial score (nSPS) is 15.2. The molecule has 168 valence electrons. The number of ether oxygens (including phenoxy) is 1. The summed E-state index contributed by atoms with van der Waals surface area (Å²) in [6.07, 6.45) is 2.89. The molecule has 0 aliphatic carbocycles. The third-order valence-electron chi connectivity index (χ3n) is 6.09. The van der Waals surface area contributed by atoms with Crippen molar-refractivity contribution in [3.8, 4) is 5.69 Å². The van der Waals surface area contributed by atoms with E-state index < -0.39 is 0 Å². The van der Waals surface area contributed by atoms with Crippen LogP contribution in [0.25, 0.3) is 5.69 Å². The van der Waals surface area contributed by atoms with Gasteiger partial charge in [-0.25, -0.2) is 4.79 Å². The lowest BCUT2D eigenvalue weighted by molar-refractivity contribution is 0.143. The first kappa shape index (κ1) is 22.2. The van der Waals surface area contributed by atoms with Gasteiger partial charge in [0.25, 0.3) is 0 Å². The van der Waals surface area contributed by atoms with Crippen LogP contribution in [0.4, 0.5) is 4.79 Å². The van der Waals surface area contributed by atoms with E-state index in [9.17, 15) is 4.79 Å². The maximum atomic E-state index is 13.4. The quantitative estimate of drug-likeness (QED) is 0.492. The summed E-state index contributed by atoms with van der Waals surface area (Å²) in [5.74, 6) is 0.469. The number of hydrogen-bond donors (Lipinski definition) is 1. The number of carbonyl (C=O) groups excluding carboxylic acids is 1. The van der Waals surface area contributed by atoms with Crippen molar-refractivity contribution >= 4 is 6.03 Å². The number of hydrogen-bond acceptors (Lipinski definition) is 2. The predicted molar refractivity (Wildman–Crippen MR) is 128 cm³/mol. The molecule has 5 nitrogen and oxygen atoms in total. The third-order valence-corrected chi connectivity index (χ3v) is 6.09. The van der Waals surface area contributed by atoms with E-state index in [0.29, 0.717) is 32.2 Å². The molecule has 2 heterocycles. The highest BCUT2D eigenvalue weighted by atomic mass is 16.5. The van der Waals surface area contributed by atoms with Gasteiger partial charge >= 0.3 is 6.03 Å². The Morgan fingerprint density at radius 1 is 1.09 bits per heavy atom. The van der Waals surface area contributed by atoms with Crippen LogP contribution in [0, 0.1) is 0 Å². The topological polar surface area (TPSA) is 46.5 Å². The second kappa shape index (κ2) is 10.0. The van der Waals surface area contributed by atoms with Crippen LogP contribution in [0.2, 0.25) is 0 Å². The van der Waals surface area contributed by atoms with Gasteiger partial charge in [0.05, 0.1) is 18.3 Å². The standard InChI is InChI=1S/C27H33N3O2/c1-4-32-18-8-16-28-27(31)30-19-23-9-5-6-10-24(23)29-17-7-11-25(29)26(30)22-14-12-21(13-15-22)20(2)3/h5-7,9-15,17,20,26H,4,8,16,18-19H2,1-3H3,(H,28,31)/t26-/m0/s1. The smallest absolute Gasteiger partial charge is 0.318 e. The molecule has 3 aromatic rings. The summed E-state index contributed by atoms with van der Waals surface area (Å²) in [4.78, 5) is 15.4. The minimum atomic E-state index is -0.175. The Bertz CT molecular complexity index is 1040. The summed E-state index contributed by atoms with van der Waals surface area (Å²) in [7, 11) is 0. The number of carbonyl (C=O) groups is 1. The molecule has 0 fully saturated rings. The van der Waals surface area contributed by atoms with E-state index in [0.717, 1.165) is 28.9 Å². The second-order valence-corrected chi connectivity index (χ2v) is 8.57. The average molecular weight is 432 g/mol. The lowest BCUT2D eigenvalue weighted by Crippen LogP contribution is -2.42. The maximum absolute atomic E-state index is 13.4. The Morgan fingerprint density at radius 2 is 1.88 bits per heavy atom. The number of nitrogens with zero attached hydrogens (tertiary/aromatic N) is 2. The number of para-hydroxylation sites is 1. The monoisotopic (exact) mass is 431 g/mol. The van der Waals surface area contributed by atoms with Crippen LogP contribution in [-0.4, -0.2) is 35.3 Å². The first-order valence-corrected chi connectivity index (χ1v) is 11.6. The molecule has 1 aliphatic heterocycles. The highest BCUT2D eigenvalue weighted by molar-refractivity contribution is 5.76. The number of amides is 2. The zero-order chi connectivity index (χ0) is 22.5. The van der Waals surface area contributed by atoms with Gasteiger partial charge in [-0.2, -0.15) is 0 Å². The Morgan fingerprint density at radius 3 is 2.62 bits per heavy atom. The van der Waals surface area contributed by atoms with E-state index >= 15 is 0 Å². The van der Waals surface area contributed by atoms with Gasteiger partial charge in [-0.15, -0.1) is 0 Å². The van der Waals surface area contributed by atoms with Crippen LogP contribution >= 0.6 is 0 Å². The van der Waals surface area contributed by atoms with Crippen LogP contribution in [0.3, 0.4) is 0 Å². The van der Waals surface area contributed by atoms with Crippen molar-refractivity contribution in [2.45, 2.75) is 45.7 Å². The zero-order valence-corrected chi connectivity index (χ0v) is 19.3. The summed E-state index contributed by atoms with van der Waals surface area (Å²) in [5.41, 5.74) is 5.77. The lowest BCUT2D eigenvalue weighted by Gasteiger charge is -2.31. The molecule has 1 atom stereocenters. The first-order valence-electron chi connectivity index (χ1n) is 11.6. The number of urea groups is 1. The van der Waals surface area contributed by atoms with Crippen molar-refractivity contribution in [3.05, 3.63) is 89.2 Å². The number of benzene rings is 2. The van der Waals surface area contributed by atoms with Gasteiger partial charge in [-0.05, 0) is 54.2 Å². The van der Waals surface area contributed by atoms with Crippen molar-refractivity contribution < 1.29 is 9.53 Å². The summed E-state index contributed by atoms with van der Waals surface area (Å²) in [5, 5.41) is 3.12. The zero-order valence-electron chi connectivity index (χ0n) is 19.3. The van der Waals surface area contributed by atoms with Gasteiger partial charge in [0, 0.05) is 31.6 Å². The summed E-state index contributed by atoms with van der Waals surface area (Å²) in [6, 6.07) is 21.0. The molecule has 32 heavy (non-hydrogen) atoms. The van der Waals surface area contributed by atoms with Gasteiger partial charge in [0.1, 0.15) is 0 Å². The fourth-order valence-electron chi connectivity index (χ4n) is 4.37. The third kappa shape index (κ3) is 4.58.